The van der Waals surface area contributed by atoms with Crippen molar-refractivity contribution in [2.45, 2.75) is 77.4 Å². The van der Waals surface area contributed by atoms with Gasteiger partial charge in [-0.15, -0.1) is 0 Å². The molecular weight excluding hydrogens is 200 g/mol. The van der Waals surface area contributed by atoms with Gasteiger partial charge in [0.1, 0.15) is 0 Å². The topological polar surface area (TPSA) is 0 Å². The molecular formula is C12H27Si2. The smallest absolute Gasteiger partial charge is 0.0540 e. The third kappa shape index (κ3) is 2.16. The first kappa shape index (κ1) is 14.4. The molecule has 0 nitrogen and oxygen atoms in total. The van der Waals surface area contributed by atoms with Gasteiger partial charge in [-0.1, -0.05) is 62.3 Å². The zero-order chi connectivity index (χ0) is 12.0. The van der Waals surface area contributed by atoms with Crippen molar-refractivity contribution in [1.82, 2.24) is 0 Å². The molecule has 0 unspecified atom stereocenters. The van der Waals surface area contributed by atoms with Crippen molar-refractivity contribution < 1.29 is 0 Å². The maximum absolute atomic E-state index is 4.25. The van der Waals surface area contributed by atoms with Crippen LogP contribution in [-0.4, -0.2) is 17.4 Å². The molecule has 0 aliphatic carbocycles. The molecule has 0 aliphatic rings. The molecule has 2 heteroatoms. The molecule has 0 aromatic heterocycles. The van der Waals surface area contributed by atoms with E-state index >= 15 is 0 Å². The van der Waals surface area contributed by atoms with Crippen molar-refractivity contribution in [3.63, 3.8) is 0 Å². The van der Waals surface area contributed by atoms with Crippen LogP contribution in [0.3, 0.4) is 0 Å². The average molecular weight is 228 g/mol. The molecule has 83 valence electrons. The molecule has 0 rings (SSSR count). The molecule has 0 saturated carbocycles. The van der Waals surface area contributed by atoms with Crippen LogP contribution in [0.1, 0.15) is 62.3 Å². The summed E-state index contributed by atoms with van der Waals surface area (Å²) in [6.45, 7) is 21.4. The third-order valence-corrected chi connectivity index (χ3v) is 16.9. The van der Waals surface area contributed by atoms with Crippen molar-refractivity contribution in [3.05, 3.63) is 0 Å². The Morgan fingerprint density at radius 3 is 0.714 bits per heavy atom. The lowest BCUT2D eigenvalue weighted by molar-refractivity contribution is 0.556. The predicted octanol–water partition coefficient (Wildman–Crippen LogP) is 4.50. The van der Waals surface area contributed by atoms with Gasteiger partial charge in [0.2, 0.25) is 0 Å². The number of hydrogen-bond acceptors (Lipinski definition) is 0. The fourth-order valence-electron chi connectivity index (χ4n) is 3.38. The molecule has 0 bridgehead atoms. The maximum atomic E-state index is 4.25. The summed E-state index contributed by atoms with van der Waals surface area (Å²) in [5, 5.41) is 1.13. The summed E-state index contributed by atoms with van der Waals surface area (Å²) in [6.07, 6.45) is 0. The van der Waals surface area contributed by atoms with E-state index in [-0.39, 0.29) is 0 Å². The van der Waals surface area contributed by atoms with Crippen LogP contribution in [0.25, 0.3) is 0 Å². The minimum absolute atomic E-state index is 0.375. The molecule has 0 aliphatic heterocycles. The Bertz CT molecular complexity index is 162. The van der Waals surface area contributed by atoms with Crippen molar-refractivity contribution in [2.75, 3.05) is 0 Å². The zero-order valence-electron chi connectivity index (χ0n) is 11.5. The van der Waals surface area contributed by atoms with E-state index in [1.165, 1.54) is 0 Å². The molecule has 0 aromatic carbocycles. The second kappa shape index (κ2) is 3.48. The second-order valence-corrected chi connectivity index (χ2v) is 15.8. The quantitative estimate of drug-likeness (QED) is 0.535. The normalized spacial score (nSPS) is 15.9. The van der Waals surface area contributed by atoms with Gasteiger partial charge in [0.25, 0.3) is 0 Å². The van der Waals surface area contributed by atoms with Gasteiger partial charge in [-0.05, 0) is 15.1 Å². The van der Waals surface area contributed by atoms with Crippen LogP contribution in [0.4, 0.5) is 0 Å². The molecule has 0 N–H and O–H groups in total. The Morgan fingerprint density at radius 2 is 0.714 bits per heavy atom. The summed E-state index contributed by atoms with van der Waals surface area (Å²) >= 11 is 0. The van der Waals surface area contributed by atoms with E-state index in [0.717, 1.165) is 0 Å². The fraction of sp³-hybridized carbons (Fsp3) is 1.00. The van der Waals surface area contributed by atoms with Gasteiger partial charge in [0, 0.05) is 9.76 Å². The molecule has 0 saturated heterocycles. The summed E-state index contributed by atoms with van der Waals surface area (Å²) in [6, 6.07) is 0. The van der Waals surface area contributed by atoms with Crippen LogP contribution in [0.2, 0.25) is 15.1 Å². The Labute approximate surface area is 95.1 Å². The lowest BCUT2D eigenvalue weighted by atomic mass is 10.2. The molecule has 0 heterocycles. The Morgan fingerprint density at radius 1 is 0.571 bits per heavy atom. The van der Waals surface area contributed by atoms with E-state index in [0.29, 0.717) is 15.1 Å². The number of hydrogen-bond donors (Lipinski definition) is 0. The zero-order valence-corrected chi connectivity index (χ0v) is 13.5. The Balaban J connectivity index is 5.54. The van der Waals surface area contributed by atoms with E-state index in [1.807, 2.05) is 0 Å². The van der Waals surface area contributed by atoms with Crippen LogP contribution in [-0.2, 0) is 0 Å². The van der Waals surface area contributed by atoms with Crippen LogP contribution in [0.5, 0.6) is 0 Å². The van der Waals surface area contributed by atoms with Crippen LogP contribution in [0, 0.1) is 0 Å². The first-order chi connectivity index (χ1) is 5.75. The highest BCUT2D eigenvalue weighted by Crippen LogP contribution is 2.59. The molecule has 14 heavy (non-hydrogen) atoms. The summed E-state index contributed by atoms with van der Waals surface area (Å²) in [5.74, 6) is 0. The van der Waals surface area contributed by atoms with Gasteiger partial charge in [0.15, 0.2) is 0 Å². The highest BCUT2D eigenvalue weighted by atomic mass is 29.2. The number of rotatable bonds is 0. The Kier molecular flexibility index (Phi) is 3.59. The van der Waals surface area contributed by atoms with Gasteiger partial charge < -0.3 is 0 Å². The summed E-state index contributed by atoms with van der Waals surface area (Å²) in [7, 11) is 2.70. The lowest BCUT2D eigenvalue weighted by Gasteiger charge is -2.57. The van der Waals surface area contributed by atoms with E-state index in [2.05, 4.69) is 72.1 Å². The van der Waals surface area contributed by atoms with Gasteiger partial charge in [0.05, 0.1) is 7.59 Å². The van der Waals surface area contributed by atoms with E-state index in [4.69, 9.17) is 0 Å². The fourth-order valence-corrected chi connectivity index (χ4v) is 10.1. The van der Waals surface area contributed by atoms with Gasteiger partial charge in [-0.25, -0.2) is 0 Å². The monoisotopic (exact) mass is 227 g/mol. The maximum Gasteiger partial charge on any atom is 0.0540 e. The van der Waals surface area contributed by atoms with Gasteiger partial charge in [-0.3, -0.25) is 0 Å². The minimum Gasteiger partial charge on any atom is -0.0628 e. The molecule has 0 spiro atoms. The first-order valence-electron chi connectivity index (χ1n) is 5.50. The highest BCUT2D eigenvalue weighted by Gasteiger charge is 2.55. The second-order valence-electron chi connectivity index (χ2n) is 7.50. The largest absolute Gasteiger partial charge is 0.0628 e. The van der Waals surface area contributed by atoms with Crippen LogP contribution < -0.4 is 0 Å². The first-order valence-corrected chi connectivity index (χ1v) is 9.00. The lowest BCUT2D eigenvalue weighted by Crippen LogP contribution is -2.59. The molecule has 0 atom stereocenters. The average Bonchev–Trinajstić information content (AvgIpc) is 1.77. The van der Waals surface area contributed by atoms with Crippen LogP contribution >= 0.6 is 0 Å². The van der Waals surface area contributed by atoms with E-state index < -0.39 is 7.59 Å². The summed E-state index contributed by atoms with van der Waals surface area (Å²) < 4.78 is 0. The SMILES string of the molecule is CC(C)(C)[Si]([Si])(C(C)(C)C)C(C)(C)C. The highest BCUT2D eigenvalue weighted by molar-refractivity contribution is 7.21. The molecule has 0 aromatic rings. The summed E-state index contributed by atoms with van der Waals surface area (Å²) in [5.41, 5.74) is 0. The van der Waals surface area contributed by atoms with Crippen molar-refractivity contribution in [1.29, 1.82) is 0 Å². The molecule has 0 amide bonds. The summed E-state index contributed by atoms with van der Waals surface area (Å²) in [4.78, 5) is 0. The molecule has 0 fully saturated rings. The standard InChI is InChI=1S/C12H27Si2/c1-10(2,3)14(13,11(4,5)6)12(7,8)9/h1-9H3. The van der Waals surface area contributed by atoms with Crippen molar-refractivity contribution in [3.8, 4) is 0 Å². The van der Waals surface area contributed by atoms with Crippen molar-refractivity contribution in [2.24, 2.45) is 0 Å². The van der Waals surface area contributed by atoms with Gasteiger partial charge >= 0.3 is 0 Å². The predicted molar refractivity (Wildman–Crippen MR) is 70.7 cm³/mol. The molecule has 3 radical (unpaired) electrons. The Hall–Kier alpha value is 0.434. The van der Waals surface area contributed by atoms with Crippen molar-refractivity contribution >= 4 is 17.4 Å². The minimum atomic E-state index is -1.55. The van der Waals surface area contributed by atoms with E-state index in [9.17, 15) is 0 Å². The van der Waals surface area contributed by atoms with Crippen LogP contribution in [0.15, 0.2) is 0 Å². The van der Waals surface area contributed by atoms with Gasteiger partial charge in [-0.2, -0.15) is 0 Å². The van der Waals surface area contributed by atoms with E-state index in [1.54, 1.807) is 0 Å². The third-order valence-electron chi connectivity index (χ3n) is 3.38.